The number of anilines is 1. The van der Waals surface area contributed by atoms with Crippen LogP contribution in [0.4, 0.5) is 5.69 Å². The lowest BCUT2D eigenvalue weighted by Gasteiger charge is -2.28. The number of aromatic hydroxyl groups is 1. The van der Waals surface area contributed by atoms with E-state index < -0.39 is 0 Å². The van der Waals surface area contributed by atoms with E-state index in [1.54, 1.807) is 26.4 Å². The highest BCUT2D eigenvalue weighted by Gasteiger charge is 2.21. The SMILES string of the molecule is COc1ccc(CC2CNc3ccc(O)cc3O2)c(OC)c1. The van der Waals surface area contributed by atoms with E-state index in [1.807, 2.05) is 24.3 Å². The standard InChI is InChI=1S/C17H19NO4/c1-20-13-5-3-11(16(9-13)21-2)7-14-10-18-15-6-4-12(19)8-17(15)22-14/h3-6,8-9,14,18-19H,7,10H2,1-2H3. The van der Waals surface area contributed by atoms with Crippen LogP contribution in [0.1, 0.15) is 5.56 Å². The zero-order valence-electron chi connectivity index (χ0n) is 12.6. The van der Waals surface area contributed by atoms with Crippen molar-refractivity contribution in [1.82, 2.24) is 0 Å². The van der Waals surface area contributed by atoms with Crippen LogP contribution in [0.25, 0.3) is 0 Å². The average molecular weight is 301 g/mol. The summed E-state index contributed by atoms with van der Waals surface area (Å²) in [6.07, 6.45) is 0.673. The Balaban J connectivity index is 1.77. The fourth-order valence-electron chi connectivity index (χ4n) is 2.58. The summed E-state index contributed by atoms with van der Waals surface area (Å²) in [6.45, 7) is 0.701. The Bertz CT molecular complexity index is 672. The molecule has 1 unspecified atom stereocenters. The lowest BCUT2D eigenvalue weighted by atomic mass is 10.0. The first kappa shape index (κ1) is 14.4. The zero-order valence-corrected chi connectivity index (χ0v) is 12.6. The van der Waals surface area contributed by atoms with E-state index in [4.69, 9.17) is 14.2 Å². The fourth-order valence-corrected chi connectivity index (χ4v) is 2.58. The third-order valence-electron chi connectivity index (χ3n) is 3.72. The summed E-state index contributed by atoms with van der Waals surface area (Å²) >= 11 is 0. The van der Waals surface area contributed by atoms with Gasteiger partial charge in [-0.1, -0.05) is 6.07 Å². The van der Waals surface area contributed by atoms with Crippen LogP contribution in [0.3, 0.4) is 0 Å². The van der Waals surface area contributed by atoms with E-state index in [0.717, 1.165) is 22.7 Å². The molecule has 1 aliphatic heterocycles. The highest BCUT2D eigenvalue weighted by Crippen LogP contribution is 2.34. The van der Waals surface area contributed by atoms with Crippen molar-refractivity contribution in [2.45, 2.75) is 12.5 Å². The van der Waals surface area contributed by atoms with Crippen molar-refractivity contribution in [2.24, 2.45) is 0 Å². The molecule has 5 nitrogen and oxygen atoms in total. The summed E-state index contributed by atoms with van der Waals surface area (Å²) in [5.41, 5.74) is 1.95. The Morgan fingerprint density at radius 3 is 2.82 bits per heavy atom. The summed E-state index contributed by atoms with van der Waals surface area (Å²) in [7, 11) is 3.28. The molecule has 3 rings (SSSR count). The number of benzene rings is 2. The molecule has 1 atom stereocenters. The molecule has 0 fully saturated rings. The monoisotopic (exact) mass is 301 g/mol. The van der Waals surface area contributed by atoms with Gasteiger partial charge in [0.05, 0.1) is 26.5 Å². The van der Waals surface area contributed by atoms with Gasteiger partial charge in [0, 0.05) is 18.6 Å². The van der Waals surface area contributed by atoms with E-state index in [9.17, 15) is 5.11 Å². The molecule has 22 heavy (non-hydrogen) atoms. The molecule has 2 aromatic carbocycles. The number of fused-ring (bicyclic) bond motifs is 1. The van der Waals surface area contributed by atoms with Crippen molar-refractivity contribution < 1.29 is 19.3 Å². The highest BCUT2D eigenvalue weighted by atomic mass is 16.5. The maximum Gasteiger partial charge on any atom is 0.146 e. The lowest BCUT2D eigenvalue weighted by Crippen LogP contribution is -2.32. The number of phenols is 1. The number of hydrogen-bond donors (Lipinski definition) is 2. The van der Waals surface area contributed by atoms with Crippen LogP contribution < -0.4 is 19.5 Å². The van der Waals surface area contributed by atoms with Crippen LogP contribution >= 0.6 is 0 Å². The first-order chi connectivity index (χ1) is 10.7. The van der Waals surface area contributed by atoms with E-state index in [2.05, 4.69) is 5.32 Å². The second kappa shape index (κ2) is 6.05. The molecule has 0 spiro atoms. The molecule has 2 aromatic rings. The van der Waals surface area contributed by atoms with Crippen molar-refractivity contribution in [2.75, 3.05) is 26.1 Å². The van der Waals surface area contributed by atoms with Gasteiger partial charge < -0.3 is 24.6 Å². The van der Waals surface area contributed by atoms with Gasteiger partial charge in [-0.15, -0.1) is 0 Å². The minimum Gasteiger partial charge on any atom is -0.508 e. The second-order valence-electron chi connectivity index (χ2n) is 5.18. The van der Waals surface area contributed by atoms with E-state index in [0.29, 0.717) is 18.7 Å². The van der Waals surface area contributed by atoms with Crippen molar-refractivity contribution in [3.8, 4) is 23.0 Å². The first-order valence-electron chi connectivity index (χ1n) is 7.14. The third kappa shape index (κ3) is 2.88. The van der Waals surface area contributed by atoms with Crippen LogP contribution in [-0.2, 0) is 6.42 Å². The summed E-state index contributed by atoms with van der Waals surface area (Å²) < 4.78 is 16.6. The van der Waals surface area contributed by atoms with Crippen LogP contribution in [0.5, 0.6) is 23.0 Å². The van der Waals surface area contributed by atoms with Gasteiger partial charge in [0.15, 0.2) is 0 Å². The molecule has 116 valence electrons. The minimum atomic E-state index is -0.0309. The Kier molecular flexibility index (Phi) is 3.96. The molecule has 1 heterocycles. The summed E-state index contributed by atoms with van der Waals surface area (Å²) in [4.78, 5) is 0. The van der Waals surface area contributed by atoms with E-state index >= 15 is 0 Å². The van der Waals surface area contributed by atoms with E-state index in [1.165, 1.54) is 0 Å². The highest BCUT2D eigenvalue weighted by molar-refractivity contribution is 5.60. The smallest absolute Gasteiger partial charge is 0.146 e. The molecule has 0 saturated heterocycles. The largest absolute Gasteiger partial charge is 0.508 e. The maximum atomic E-state index is 9.56. The topological polar surface area (TPSA) is 60.0 Å². The molecule has 0 amide bonds. The maximum absolute atomic E-state index is 9.56. The van der Waals surface area contributed by atoms with Gasteiger partial charge in [0.25, 0.3) is 0 Å². The van der Waals surface area contributed by atoms with Gasteiger partial charge >= 0.3 is 0 Å². The van der Waals surface area contributed by atoms with Gasteiger partial charge in [0.2, 0.25) is 0 Å². The molecule has 0 saturated carbocycles. The number of nitrogens with one attached hydrogen (secondary N) is 1. The van der Waals surface area contributed by atoms with Gasteiger partial charge in [-0.3, -0.25) is 0 Å². The molecular weight excluding hydrogens is 282 g/mol. The number of phenolic OH excluding ortho intramolecular Hbond substituents is 1. The first-order valence-corrected chi connectivity index (χ1v) is 7.14. The van der Waals surface area contributed by atoms with Crippen LogP contribution in [-0.4, -0.2) is 32.0 Å². The molecule has 0 aliphatic carbocycles. The quantitative estimate of drug-likeness (QED) is 0.850. The molecule has 0 bridgehead atoms. The predicted molar refractivity (Wildman–Crippen MR) is 84.3 cm³/mol. The lowest BCUT2D eigenvalue weighted by molar-refractivity contribution is 0.204. The molecule has 0 radical (unpaired) electrons. The average Bonchev–Trinajstić information content (AvgIpc) is 2.54. The Morgan fingerprint density at radius 2 is 2.05 bits per heavy atom. The van der Waals surface area contributed by atoms with Crippen molar-refractivity contribution in [3.05, 3.63) is 42.0 Å². The number of rotatable bonds is 4. The third-order valence-corrected chi connectivity index (χ3v) is 3.72. The van der Waals surface area contributed by atoms with Crippen LogP contribution in [0.15, 0.2) is 36.4 Å². The van der Waals surface area contributed by atoms with Crippen molar-refractivity contribution in [1.29, 1.82) is 0 Å². The molecular formula is C17H19NO4. The predicted octanol–water partition coefficient (Wildman–Crippen LogP) is 2.83. The summed E-state index contributed by atoms with van der Waals surface area (Å²) in [6, 6.07) is 10.8. The van der Waals surface area contributed by atoms with Crippen molar-refractivity contribution in [3.63, 3.8) is 0 Å². The molecule has 1 aliphatic rings. The normalized spacial score (nSPS) is 16.2. The second-order valence-corrected chi connectivity index (χ2v) is 5.18. The zero-order chi connectivity index (χ0) is 15.5. The van der Waals surface area contributed by atoms with Gasteiger partial charge in [-0.05, 0) is 23.8 Å². The summed E-state index contributed by atoms with van der Waals surface area (Å²) in [5, 5.41) is 12.9. The Labute approximate surface area is 129 Å². The summed E-state index contributed by atoms with van der Waals surface area (Å²) in [5.74, 6) is 2.41. The molecule has 5 heteroatoms. The minimum absolute atomic E-state index is 0.0309. The fraction of sp³-hybridized carbons (Fsp3) is 0.294. The Hall–Kier alpha value is -2.56. The number of methoxy groups -OCH3 is 2. The molecule has 0 aromatic heterocycles. The van der Waals surface area contributed by atoms with Crippen molar-refractivity contribution >= 4 is 5.69 Å². The van der Waals surface area contributed by atoms with Gasteiger partial charge in [0.1, 0.15) is 29.1 Å². The van der Waals surface area contributed by atoms with Crippen LogP contribution in [0.2, 0.25) is 0 Å². The van der Waals surface area contributed by atoms with Crippen LogP contribution in [0, 0.1) is 0 Å². The number of hydrogen-bond acceptors (Lipinski definition) is 5. The molecule has 2 N–H and O–H groups in total. The van der Waals surface area contributed by atoms with E-state index in [-0.39, 0.29) is 11.9 Å². The number of ether oxygens (including phenoxy) is 3. The van der Waals surface area contributed by atoms with Gasteiger partial charge in [-0.2, -0.15) is 0 Å². The Morgan fingerprint density at radius 1 is 1.18 bits per heavy atom. The van der Waals surface area contributed by atoms with Gasteiger partial charge in [-0.25, -0.2) is 0 Å².